The fourth-order valence-electron chi connectivity index (χ4n) is 2.42. The Morgan fingerprint density at radius 3 is 2.79 bits per heavy atom. The first-order valence-electron chi connectivity index (χ1n) is 7.20. The maximum Gasteiger partial charge on any atom is 0.257 e. The summed E-state index contributed by atoms with van der Waals surface area (Å²) in [5.74, 6) is -0.202. The van der Waals surface area contributed by atoms with Gasteiger partial charge in [-0.25, -0.2) is 4.98 Å². The van der Waals surface area contributed by atoms with Crippen molar-refractivity contribution in [3.8, 4) is 0 Å². The van der Waals surface area contributed by atoms with Gasteiger partial charge in [-0.15, -0.1) is 11.8 Å². The van der Waals surface area contributed by atoms with E-state index >= 15 is 0 Å². The molecule has 7 heteroatoms. The van der Waals surface area contributed by atoms with E-state index in [0.717, 1.165) is 20.6 Å². The molecule has 1 amide bonds. The van der Waals surface area contributed by atoms with Gasteiger partial charge in [-0.3, -0.25) is 20.1 Å². The predicted octanol–water partition coefficient (Wildman–Crippen LogP) is 4.21. The number of benzene rings is 2. The average Bonchev–Trinajstić information content (AvgIpc) is 3.03. The van der Waals surface area contributed by atoms with Crippen LogP contribution in [0.5, 0.6) is 0 Å². The van der Waals surface area contributed by atoms with Gasteiger partial charge >= 0.3 is 0 Å². The summed E-state index contributed by atoms with van der Waals surface area (Å²) in [6, 6.07) is 11.3. The number of carbonyl (C=O) groups excluding carboxylic acids is 1. The molecule has 5 nitrogen and oxygen atoms in total. The van der Waals surface area contributed by atoms with Gasteiger partial charge in [0.1, 0.15) is 0 Å². The molecule has 0 radical (unpaired) electrons. The van der Waals surface area contributed by atoms with E-state index in [4.69, 9.17) is 0 Å². The lowest BCUT2D eigenvalue weighted by atomic mass is 10.2. The Bertz CT molecular complexity index is 1060. The van der Waals surface area contributed by atoms with Gasteiger partial charge in [0.25, 0.3) is 5.91 Å². The molecule has 0 spiro atoms. The van der Waals surface area contributed by atoms with Gasteiger partial charge < -0.3 is 0 Å². The van der Waals surface area contributed by atoms with Crippen LogP contribution in [0.25, 0.3) is 21.3 Å². The van der Waals surface area contributed by atoms with Crippen LogP contribution in [0.2, 0.25) is 0 Å². The molecule has 4 rings (SSSR count). The Kier molecular flexibility index (Phi) is 3.87. The Balaban J connectivity index is 1.65. The average molecular weight is 352 g/mol. The van der Waals surface area contributed by atoms with Crippen molar-refractivity contribution < 1.29 is 4.79 Å². The highest BCUT2D eigenvalue weighted by atomic mass is 32.2. The Hall–Kier alpha value is -2.51. The highest BCUT2D eigenvalue weighted by molar-refractivity contribution is 7.98. The first-order valence-corrected chi connectivity index (χ1v) is 9.24. The van der Waals surface area contributed by atoms with Crippen molar-refractivity contribution in [3.05, 3.63) is 54.4 Å². The topological polar surface area (TPSA) is 67.8 Å². The Morgan fingerprint density at radius 1 is 1.12 bits per heavy atom. The van der Waals surface area contributed by atoms with E-state index in [1.807, 2.05) is 24.5 Å². The van der Waals surface area contributed by atoms with Crippen molar-refractivity contribution in [1.29, 1.82) is 0 Å². The van der Waals surface area contributed by atoms with E-state index in [0.29, 0.717) is 16.2 Å². The van der Waals surface area contributed by atoms with E-state index in [9.17, 15) is 4.79 Å². The maximum atomic E-state index is 12.5. The van der Waals surface area contributed by atoms with Gasteiger partial charge in [0.05, 0.1) is 21.3 Å². The summed E-state index contributed by atoms with van der Waals surface area (Å²) in [6.07, 6.45) is 5.26. The number of nitrogens with one attached hydrogen (secondary N) is 1. The molecule has 0 unspecified atom stereocenters. The zero-order chi connectivity index (χ0) is 16.5. The number of carbonyl (C=O) groups is 1. The number of aromatic nitrogens is 3. The zero-order valence-corrected chi connectivity index (χ0v) is 14.3. The number of fused-ring (bicyclic) bond motifs is 2. The van der Waals surface area contributed by atoms with Crippen LogP contribution in [0.15, 0.2) is 53.7 Å². The van der Waals surface area contributed by atoms with Crippen LogP contribution in [0, 0.1) is 0 Å². The summed E-state index contributed by atoms with van der Waals surface area (Å²) in [5, 5.41) is 3.47. The lowest BCUT2D eigenvalue weighted by molar-refractivity contribution is 0.102. The molecule has 0 saturated carbocycles. The highest BCUT2D eigenvalue weighted by Crippen LogP contribution is 2.32. The molecule has 118 valence electrons. The van der Waals surface area contributed by atoms with Crippen LogP contribution >= 0.6 is 23.1 Å². The molecule has 0 fully saturated rings. The van der Waals surface area contributed by atoms with E-state index < -0.39 is 0 Å². The third-order valence-electron chi connectivity index (χ3n) is 3.55. The molecule has 4 aromatic rings. The fraction of sp³-hybridized carbons (Fsp3) is 0.0588. The third kappa shape index (κ3) is 2.72. The lowest BCUT2D eigenvalue weighted by Crippen LogP contribution is -2.11. The monoisotopic (exact) mass is 352 g/mol. The Labute approximate surface area is 146 Å². The van der Waals surface area contributed by atoms with Crippen molar-refractivity contribution in [3.63, 3.8) is 0 Å². The first-order chi connectivity index (χ1) is 11.7. The predicted molar refractivity (Wildman–Crippen MR) is 98.9 cm³/mol. The summed E-state index contributed by atoms with van der Waals surface area (Å²) in [6.45, 7) is 0. The van der Waals surface area contributed by atoms with Crippen LogP contribution in [0.3, 0.4) is 0 Å². The minimum absolute atomic E-state index is 0.202. The molecule has 0 atom stereocenters. The van der Waals surface area contributed by atoms with Crippen LogP contribution in [-0.4, -0.2) is 27.1 Å². The fourth-order valence-corrected chi connectivity index (χ4v) is 3.93. The first kappa shape index (κ1) is 15.0. The molecular formula is C17H12N4OS2. The molecule has 0 saturated heterocycles. The summed E-state index contributed by atoms with van der Waals surface area (Å²) >= 11 is 3.11. The number of nitrogens with zero attached hydrogens (tertiary/aromatic N) is 3. The zero-order valence-electron chi connectivity index (χ0n) is 12.7. The number of thiazole rings is 1. The van der Waals surface area contributed by atoms with Crippen molar-refractivity contribution in [2.75, 3.05) is 11.6 Å². The molecular weight excluding hydrogens is 340 g/mol. The van der Waals surface area contributed by atoms with Gasteiger partial charge in [0.2, 0.25) is 0 Å². The molecule has 0 bridgehead atoms. The Morgan fingerprint density at radius 2 is 1.96 bits per heavy atom. The molecule has 24 heavy (non-hydrogen) atoms. The highest BCUT2D eigenvalue weighted by Gasteiger charge is 2.12. The standard InChI is InChI=1S/C17H12N4OS2/c1-23-13-3-2-4-14-15(13)20-17(24-14)21-16(22)10-5-6-11-12(9-10)19-8-7-18-11/h2-9H,1H3,(H,20,21,22). The van der Waals surface area contributed by atoms with Gasteiger partial charge in [0, 0.05) is 22.9 Å². The summed E-state index contributed by atoms with van der Waals surface area (Å²) in [4.78, 5) is 26.6. The van der Waals surface area contributed by atoms with E-state index in [2.05, 4.69) is 20.3 Å². The van der Waals surface area contributed by atoms with Crippen molar-refractivity contribution in [2.24, 2.45) is 0 Å². The molecule has 0 aliphatic rings. The smallest absolute Gasteiger partial charge is 0.257 e. The quantitative estimate of drug-likeness (QED) is 0.559. The second-order valence-electron chi connectivity index (χ2n) is 5.04. The number of anilines is 1. The largest absolute Gasteiger partial charge is 0.298 e. The number of para-hydroxylation sites is 1. The van der Waals surface area contributed by atoms with Gasteiger partial charge in [-0.1, -0.05) is 17.4 Å². The molecule has 0 aliphatic carbocycles. The lowest BCUT2D eigenvalue weighted by Gasteiger charge is -2.02. The number of amides is 1. The van der Waals surface area contributed by atoms with Crippen LogP contribution < -0.4 is 5.32 Å². The van der Waals surface area contributed by atoms with Crippen molar-refractivity contribution in [1.82, 2.24) is 15.0 Å². The summed E-state index contributed by atoms with van der Waals surface area (Å²) < 4.78 is 1.06. The van der Waals surface area contributed by atoms with Crippen molar-refractivity contribution in [2.45, 2.75) is 4.90 Å². The number of rotatable bonds is 3. The SMILES string of the molecule is CSc1cccc2sc(NC(=O)c3ccc4nccnc4c3)nc12. The second-order valence-corrected chi connectivity index (χ2v) is 6.92. The normalized spacial score (nSPS) is 11.0. The molecule has 1 N–H and O–H groups in total. The van der Waals surface area contributed by atoms with Crippen LogP contribution in [0.1, 0.15) is 10.4 Å². The molecule has 0 aliphatic heterocycles. The number of hydrogen-bond acceptors (Lipinski definition) is 6. The molecule has 2 heterocycles. The van der Waals surface area contributed by atoms with E-state index in [-0.39, 0.29) is 5.91 Å². The van der Waals surface area contributed by atoms with Gasteiger partial charge in [0.15, 0.2) is 5.13 Å². The van der Waals surface area contributed by atoms with Gasteiger partial charge in [-0.2, -0.15) is 0 Å². The third-order valence-corrected chi connectivity index (χ3v) is 5.26. The summed E-state index contributed by atoms with van der Waals surface area (Å²) in [7, 11) is 0. The molecule has 2 aromatic heterocycles. The van der Waals surface area contributed by atoms with Gasteiger partial charge in [-0.05, 0) is 36.6 Å². The van der Waals surface area contributed by atoms with E-state index in [1.54, 1.807) is 42.4 Å². The minimum atomic E-state index is -0.202. The molecule has 2 aromatic carbocycles. The number of hydrogen-bond donors (Lipinski definition) is 1. The second kappa shape index (κ2) is 6.18. The van der Waals surface area contributed by atoms with E-state index in [1.165, 1.54) is 11.3 Å². The maximum absolute atomic E-state index is 12.5. The van der Waals surface area contributed by atoms with Crippen LogP contribution in [-0.2, 0) is 0 Å². The number of thioether (sulfide) groups is 1. The van der Waals surface area contributed by atoms with Crippen molar-refractivity contribution >= 4 is 55.4 Å². The summed E-state index contributed by atoms with van der Waals surface area (Å²) in [5.41, 5.74) is 2.92. The van der Waals surface area contributed by atoms with Crippen LogP contribution in [0.4, 0.5) is 5.13 Å². The minimum Gasteiger partial charge on any atom is -0.298 e.